The molecule has 0 spiro atoms. The Bertz CT molecular complexity index is 957. The summed E-state index contributed by atoms with van der Waals surface area (Å²) in [6, 6.07) is 11.5. The van der Waals surface area contributed by atoms with Crippen molar-refractivity contribution < 1.29 is 22.7 Å². The van der Waals surface area contributed by atoms with Gasteiger partial charge in [-0.25, -0.2) is 8.42 Å². The third kappa shape index (κ3) is 2.58. The lowest BCUT2D eigenvalue weighted by atomic mass is 10.2. The number of benzene rings is 2. The molecule has 2 aromatic rings. The zero-order chi connectivity index (χ0) is 17.6. The normalized spacial score (nSPS) is 19.2. The quantitative estimate of drug-likeness (QED) is 0.885. The van der Waals surface area contributed by atoms with Gasteiger partial charge < -0.3 is 14.8 Å². The third-order valence-electron chi connectivity index (χ3n) is 4.16. The van der Waals surface area contributed by atoms with Crippen molar-refractivity contribution in [1.29, 1.82) is 0 Å². The van der Waals surface area contributed by atoms with Crippen LogP contribution in [0.5, 0.6) is 11.5 Å². The fourth-order valence-electron chi connectivity index (χ4n) is 2.87. The Hall–Kier alpha value is -2.74. The highest BCUT2D eigenvalue weighted by Crippen LogP contribution is 2.37. The highest BCUT2D eigenvalue weighted by molar-refractivity contribution is 7.92. The summed E-state index contributed by atoms with van der Waals surface area (Å²) < 4.78 is 38.5. The van der Waals surface area contributed by atoms with Crippen LogP contribution in [0.1, 0.15) is 6.92 Å². The molecule has 1 amide bonds. The Morgan fingerprint density at radius 3 is 2.80 bits per heavy atom. The Labute approximate surface area is 145 Å². The Balaban J connectivity index is 1.75. The molecule has 2 aliphatic rings. The zero-order valence-electron chi connectivity index (χ0n) is 13.4. The highest BCUT2D eigenvalue weighted by Gasteiger charge is 2.32. The molecule has 0 saturated heterocycles. The second-order valence-electron chi connectivity index (χ2n) is 5.80. The second kappa shape index (κ2) is 5.66. The lowest BCUT2D eigenvalue weighted by Gasteiger charge is -2.31. The molecule has 2 aliphatic heterocycles. The van der Waals surface area contributed by atoms with Gasteiger partial charge in [0, 0.05) is 0 Å². The Morgan fingerprint density at radius 1 is 1.16 bits per heavy atom. The zero-order valence-corrected chi connectivity index (χ0v) is 14.2. The number of anilines is 2. The predicted molar refractivity (Wildman–Crippen MR) is 91.6 cm³/mol. The number of ether oxygens (including phenoxy) is 2. The molecule has 1 N–H and O–H groups in total. The molecule has 0 saturated carbocycles. The van der Waals surface area contributed by atoms with Crippen LogP contribution >= 0.6 is 0 Å². The summed E-state index contributed by atoms with van der Waals surface area (Å²) in [6.45, 7) is 2.13. The van der Waals surface area contributed by atoms with Crippen LogP contribution in [0.3, 0.4) is 0 Å². The second-order valence-corrected chi connectivity index (χ2v) is 7.66. The first-order valence-corrected chi connectivity index (χ1v) is 9.27. The maximum absolute atomic E-state index is 13.1. The number of carbonyl (C=O) groups is 1. The molecule has 0 aliphatic carbocycles. The van der Waals surface area contributed by atoms with E-state index in [4.69, 9.17) is 9.47 Å². The number of hydrogen-bond donors (Lipinski definition) is 1. The van der Waals surface area contributed by atoms with Crippen molar-refractivity contribution in [3.05, 3.63) is 42.5 Å². The lowest BCUT2D eigenvalue weighted by molar-refractivity contribution is -0.122. The average molecular weight is 360 g/mol. The maximum Gasteiger partial charge on any atom is 0.265 e. The van der Waals surface area contributed by atoms with Crippen molar-refractivity contribution in [3.63, 3.8) is 0 Å². The Morgan fingerprint density at radius 2 is 1.96 bits per heavy atom. The van der Waals surface area contributed by atoms with Crippen LogP contribution in [0, 0.1) is 0 Å². The standard InChI is InChI=1S/C17H16N2O5S/c1-11-17(20)18-13-10-12(6-7-15(13)24-11)25(21,22)19-8-9-23-16-5-3-2-4-14(16)19/h2-7,10-11H,8-9H2,1H3,(H,18,20). The van der Waals surface area contributed by atoms with Gasteiger partial charge >= 0.3 is 0 Å². The first-order chi connectivity index (χ1) is 12.0. The molecule has 0 bridgehead atoms. The first-order valence-electron chi connectivity index (χ1n) is 7.83. The predicted octanol–water partition coefficient (Wildman–Crippen LogP) is 1.99. The SMILES string of the molecule is CC1Oc2ccc(S(=O)(=O)N3CCOc4ccccc43)cc2NC1=O. The van der Waals surface area contributed by atoms with Gasteiger partial charge in [0.05, 0.1) is 22.8 Å². The van der Waals surface area contributed by atoms with Gasteiger partial charge in [0.15, 0.2) is 6.10 Å². The fourth-order valence-corrected chi connectivity index (χ4v) is 4.36. The molecule has 0 aromatic heterocycles. The van der Waals surface area contributed by atoms with Gasteiger partial charge in [-0.2, -0.15) is 0 Å². The molecule has 0 radical (unpaired) electrons. The van der Waals surface area contributed by atoms with E-state index >= 15 is 0 Å². The van der Waals surface area contributed by atoms with E-state index in [2.05, 4.69) is 5.32 Å². The van der Waals surface area contributed by atoms with Gasteiger partial charge in [0.1, 0.15) is 18.1 Å². The molecule has 2 aromatic carbocycles. The minimum absolute atomic E-state index is 0.0846. The number of rotatable bonds is 2. The van der Waals surface area contributed by atoms with Crippen molar-refractivity contribution in [2.45, 2.75) is 17.9 Å². The molecule has 0 fully saturated rings. The van der Waals surface area contributed by atoms with Gasteiger partial charge in [-0.05, 0) is 37.3 Å². The monoisotopic (exact) mass is 360 g/mol. The van der Waals surface area contributed by atoms with Crippen LogP contribution < -0.4 is 19.1 Å². The molecule has 1 atom stereocenters. The molecular weight excluding hydrogens is 344 g/mol. The third-order valence-corrected chi connectivity index (χ3v) is 5.96. The summed E-state index contributed by atoms with van der Waals surface area (Å²) in [5.74, 6) is 0.674. The van der Waals surface area contributed by atoms with Gasteiger partial charge in [-0.15, -0.1) is 0 Å². The van der Waals surface area contributed by atoms with Crippen molar-refractivity contribution in [2.75, 3.05) is 22.8 Å². The number of nitrogens with zero attached hydrogens (tertiary/aromatic N) is 1. The first kappa shape index (κ1) is 15.8. The minimum Gasteiger partial charge on any atom is -0.489 e. The number of amides is 1. The van der Waals surface area contributed by atoms with Crippen LogP contribution in [-0.4, -0.2) is 33.6 Å². The largest absolute Gasteiger partial charge is 0.489 e. The number of para-hydroxylation sites is 2. The maximum atomic E-state index is 13.1. The van der Waals surface area contributed by atoms with Crippen molar-refractivity contribution >= 4 is 27.3 Å². The summed E-state index contributed by atoms with van der Waals surface area (Å²) >= 11 is 0. The number of fused-ring (bicyclic) bond motifs is 2. The summed E-state index contributed by atoms with van der Waals surface area (Å²) in [6.07, 6.45) is -0.610. The van der Waals surface area contributed by atoms with Gasteiger partial charge in [0.25, 0.3) is 15.9 Å². The van der Waals surface area contributed by atoms with Crippen LogP contribution in [0.2, 0.25) is 0 Å². The molecule has 25 heavy (non-hydrogen) atoms. The van der Waals surface area contributed by atoms with Gasteiger partial charge in [0.2, 0.25) is 0 Å². The van der Waals surface area contributed by atoms with Crippen LogP contribution in [0.15, 0.2) is 47.4 Å². The summed E-state index contributed by atoms with van der Waals surface area (Å²) in [4.78, 5) is 11.9. The van der Waals surface area contributed by atoms with Crippen molar-refractivity contribution in [1.82, 2.24) is 0 Å². The van der Waals surface area contributed by atoms with E-state index in [1.165, 1.54) is 16.4 Å². The minimum atomic E-state index is -3.79. The summed E-state index contributed by atoms with van der Waals surface area (Å²) in [5.41, 5.74) is 0.853. The number of hydrogen-bond acceptors (Lipinski definition) is 5. The Kier molecular flexibility index (Phi) is 3.57. The van der Waals surface area contributed by atoms with E-state index in [9.17, 15) is 13.2 Å². The van der Waals surface area contributed by atoms with Crippen LogP contribution in [-0.2, 0) is 14.8 Å². The van der Waals surface area contributed by atoms with Crippen molar-refractivity contribution in [3.8, 4) is 11.5 Å². The van der Waals surface area contributed by atoms with E-state index in [1.807, 2.05) is 0 Å². The molecule has 2 heterocycles. The molecule has 8 heteroatoms. The highest BCUT2D eigenvalue weighted by atomic mass is 32.2. The molecule has 1 unspecified atom stereocenters. The summed E-state index contributed by atoms with van der Waals surface area (Å²) in [7, 11) is -3.79. The van der Waals surface area contributed by atoms with Crippen LogP contribution in [0.25, 0.3) is 0 Å². The molecule has 7 nitrogen and oxygen atoms in total. The van der Waals surface area contributed by atoms with Crippen molar-refractivity contribution in [2.24, 2.45) is 0 Å². The smallest absolute Gasteiger partial charge is 0.265 e. The van der Waals surface area contributed by atoms with Gasteiger partial charge in [-0.1, -0.05) is 12.1 Å². The van der Waals surface area contributed by atoms with E-state index in [-0.39, 0.29) is 24.0 Å². The topological polar surface area (TPSA) is 84.9 Å². The fraction of sp³-hybridized carbons (Fsp3) is 0.235. The number of nitrogens with one attached hydrogen (secondary N) is 1. The summed E-state index contributed by atoms with van der Waals surface area (Å²) in [5, 5.41) is 2.67. The molecule has 130 valence electrons. The van der Waals surface area contributed by atoms with E-state index in [1.54, 1.807) is 37.3 Å². The van der Waals surface area contributed by atoms with E-state index in [0.29, 0.717) is 22.9 Å². The average Bonchev–Trinajstić information content (AvgIpc) is 2.61. The van der Waals surface area contributed by atoms with E-state index < -0.39 is 16.1 Å². The number of carbonyl (C=O) groups excluding carboxylic acids is 1. The molecule has 4 rings (SSSR count). The van der Waals surface area contributed by atoms with Gasteiger partial charge in [-0.3, -0.25) is 9.10 Å². The number of sulfonamides is 1. The van der Waals surface area contributed by atoms with Crippen LogP contribution in [0.4, 0.5) is 11.4 Å². The van der Waals surface area contributed by atoms with E-state index in [0.717, 1.165) is 0 Å². The molecular formula is C17H16N2O5S. The lowest BCUT2D eigenvalue weighted by Crippen LogP contribution is -2.38.